The summed E-state index contributed by atoms with van der Waals surface area (Å²) in [6.07, 6.45) is 19.9. The maximum atomic E-state index is 2.71. The molecule has 14 aliphatic rings. The Hall–Kier alpha value is -7.22. The van der Waals surface area contributed by atoms with Crippen molar-refractivity contribution in [2.75, 3.05) is 62.2 Å². The van der Waals surface area contributed by atoms with E-state index in [1.165, 1.54) is 135 Å². The van der Waals surface area contributed by atoms with Gasteiger partial charge in [-0.3, -0.25) is 19.6 Å². The molecule has 2 aromatic carbocycles. The summed E-state index contributed by atoms with van der Waals surface area (Å²) in [4.78, 5) is 15.9. The van der Waals surface area contributed by atoms with Crippen LogP contribution >= 0.6 is 0 Å². The number of benzene rings is 2. The number of aryl methyl sites for hydroxylation is 6. The molecule has 0 aliphatic carbocycles. The highest BCUT2D eigenvalue weighted by Gasteiger charge is 2.63. The van der Waals surface area contributed by atoms with Gasteiger partial charge in [-0.1, -0.05) is 100 Å². The first-order chi connectivity index (χ1) is 51.3. The lowest BCUT2D eigenvalue weighted by Gasteiger charge is -2.54. The molecule has 14 aliphatic heterocycles. The molecule has 12 nitrogen and oxygen atoms in total. The van der Waals surface area contributed by atoms with Crippen molar-refractivity contribution in [3.63, 3.8) is 0 Å². The minimum absolute atomic E-state index is 0.231. The summed E-state index contributed by atoms with van der Waals surface area (Å²) in [5.74, 6) is 7.12. The molecule has 12 bridgehead atoms. The Labute approximate surface area is 644 Å². The van der Waals surface area contributed by atoms with E-state index in [9.17, 15) is 0 Å². The molecule has 0 amide bonds. The number of nitrogens with zero attached hydrogens (tertiary/aromatic N) is 12. The van der Waals surface area contributed by atoms with Gasteiger partial charge < -0.3 is 9.80 Å². The monoisotopic (exact) mass is 1440 g/mol. The topological polar surface area (TPSA) is 42.7 Å². The fraction of sp³-hybridized carbons (Fsp3) is 0.558. The summed E-state index contributed by atoms with van der Waals surface area (Å²) >= 11 is 0. The molecule has 0 spiro atoms. The normalized spacial score (nSPS) is 36.7. The van der Waals surface area contributed by atoms with Gasteiger partial charge >= 0.3 is 0 Å². The molecule has 0 radical (unpaired) electrons. The molecule has 12 heteroatoms. The molecular weight excluding hydrogens is 1310 g/mol. The molecule has 8 aromatic rings. The quantitative estimate of drug-likeness (QED) is 0.155. The van der Waals surface area contributed by atoms with Crippen molar-refractivity contribution < 1.29 is 27.4 Å². The van der Waals surface area contributed by atoms with Crippen LogP contribution in [0.5, 0.6) is 0 Å². The van der Waals surface area contributed by atoms with Crippen LogP contribution < -0.4 is 37.2 Å². The van der Waals surface area contributed by atoms with Gasteiger partial charge in [0.1, 0.15) is 42.3 Å². The average molecular weight is 1440 g/mol. The van der Waals surface area contributed by atoms with Gasteiger partial charge in [0.2, 0.25) is 0 Å². The lowest BCUT2D eigenvalue weighted by molar-refractivity contribution is -0.682. The number of rotatable bonds is 6. The van der Waals surface area contributed by atoms with Crippen molar-refractivity contribution in [3.8, 4) is 0 Å². The summed E-state index contributed by atoms with van der Waals surface area (Å²) in [5.41, 5.74) is 16.4. The Kier molecular flexibility index (Phi) is 20.8. The second-order valence-electron chi connectivity index (χ2n) is 36.8. The number of aromatic nitrogens is 6. The predicted octanol–water partition coefficient (Wildman–Crippen LogP) is 13.6. The van der Waals surface area contributed by atoms with Crippen molar-refractivity contribution in [1.29, 1.82) is 0 Å². The number of fused-ring (bicyclic) bond motifs is 20. The molecule has 12 fully saturated rings. The smallest absolute Gasteiger partial charge is 0.187 e. The van der Waals surface area contributed by atoms with Gasteiger partial charge in [0.15, 0.2) is 71.3 Å². The second kappa shape index (κ2) is 29.5. The SMILES string of the molecule is CC1C(C)C2(C)CN1C(C)C2c1cccc[n+]1C.CC1C(c2cccc[n+]2C)C2(C)CCN1CC2.CC1C(c2cccc[n+]2C)C2(C)CN1c1ccccc12.CC1C(c2cccc[n+]2C)C2CCN1C2(C)C.CC1C(c2cccc[n+]2C)C2CCN1CC2.CC1C(c2cccc[n+]2C)C2CN1c1ccccc12. The first kappa shape index (κ1) is 75.2. The Morgan fingerprint density at radius 3 is 1.32 bits per heavy atom. The maximum Gasteiger partial charge on any atom is 0.187 e. The summed E-state index contributed by atoms with van der Waals surface area (Å²) in [7, 11) is 13.0. The van der Waals surface area contributed by atoms with E-state index < -0.39 is 0 Å². The van der Waals surface area contributed by atoms with E-state index in [2.05, 4.69) is 384 Å². The Balaban J connectivity index is 0.000000103. The van der Waals surface area contributed by atoms with E-state index >= 15 is 0 Å². The van der Waals surface area contributed by atoms with E-state index in [-0.39, 0.29) is 5.41 Å². The zero-order valence-corrected chi connectivity index (χ0v) is 68.8. The first-order valence-electron chi connectivity index (χ1n) is 41.7. The van der Waals surface area contributed by atoms with E-state index in [1.54, 1.807) is 0 Å². The number of pyridine rings is 6. The molecule has 20 heterocycles. The molecule has 0 N–H and O–H groups in total. The molecule has 6 aromatic heterocycles. The van der Waals surface area contributed by atoms with Crippen LogP contribution in [0.15, 0.2) is 195 Å². The van der Waals surface area contributed by atoms with Gasteiger partial charge in [-0.25, -0.2) is 27.4 Å². The highest BCUT2D eigenvalue weighted by Crippen LogP contribution is 2.60. The molecule has 20 atom stereocenters. The minimum Gasteiger partial charge on any atom is -0.367 e. The standard InChI is InChI=1S/C18H21N2.C17H19N2.C16H25N2.2C15H23N2.C14H21N2/c1-13-17(16-10-6-7-11-19(16)3)18(2)12-20(13)15-9-5-4-8-14(15)18;1-12-17(16-9-5-6-10-18(16)2)14-11-19(12)15-8-4-3-7-13(14)15;1-11-12(2)18-10-16(11,4)15(13(18)3)14-8-6-7-9-17(14)5;1-11-14(13-7-5-6-9-16(13)4)12-8-10-17(11)15(12,2)3;1-12-14(13-6-4-5-9-16(13)3)15(2)7-10-17(12)11-8-15;1-11-14(12-6-9-16(11)10-7-12)13-5-3-4-8-15(13)2/h4-11,13,17H,12H2,1-3H3;3-10,12,14,17H,11H2,1-2H3;6-9,11-13,15H,10H2,1-5H3;5-7,9,11-12,14H,8,10H2,1-4H3;4-6,9,12,14H,7-8,10-11H2,1-3H3;3-5,8,11-12,14H,6-7,9-10H2,1-2H3/q6*+1. The highest BCUT2D eigenvalue weighted by molar-refractivity contribution is 5.68. The van der Waals surface area contributed by atoms with E-state index in [0.29, 0.717) is 82.1 Å². The van der Waals surface area contributed by atoms with Crippen molar-refractivity contribution in [1.82, 2.24) is 19.6 Å². The molecule has 20 unspecified atom stereocenters. The zero-order chi connectivity index (χ0) is 75.3. The number of anilines is 2. The van der Waals surface area contributed by atoms with Gasteiger partial charge in [0.25, 0.3) is 0 Å². The van der Waals surface area contributed by atoms with Gasteiger partial charge in [0, 0.05) is 163 Å². The number of para-hydroxylation sites is 2. The molecule has 22 rings (SSSR count). The van der Waals surface area contributed by atoms with Crippen LogP contribution in [0, 0.1) is 28.6 Å². The molecule has 107 heavy (non-hydrogen) atoms. The van der Waals surface area contributed by atoms with Gasteiger partial charge in [-0.15, -0.1) is 0 Å². The Bertz CT molecular complexity index is 4450. The summed E-state index contributed by atoms with van der Waals surface area (Å²) in [6, 6.07) is 62.0. The molecule has 566 valence electrons. The number of hydrogen-bond acceptors (Lipinski definition) is 6. The first-order valence-corrected chi connectivity index (χ1v) is 41.7. The summed E-state index contributed by atoms with van der Waals surface area (Å²) < 4.78 is 13.8. The third kappa shape index (κ3) is 12.9. The highest BCUT2D eigenvalue weighted by atomic mass is 15.3. The van der Waals surface area contributed by atoms with Crippen LogP contribution in [-0.4, -0.2) is 120 Å². The predicted molar refractivity (Wildman–Crippen MR) is 432 cm³/mol. The lowest BCUT2D eigenvalue weighted by Crippen LogP contribution is -2.59. The second-order valence-corrected chi connectivity index (χ2v) is 36.8. The maximum absolute atomic E-state index is 2.71. The average Bonchev–Trinajstić information content (AvgIpc) is 1.58. The third-order valence-electron chi connectivity index (χ3n) is 31.2. The fourth-order valence-electron chi connectivity index (χ4n) is 25.2. The van der Waals surface area contributed by atoms with E-state index in [1.807, 2.05) is 0 Å². The number of piperidine rings is 8. The summed E-state index contributed by atoms with van der Waals surface area (Å²) in [6.45, 7) is 41.6. The number of hydrogen-bond donors (Lipinski definition) is 0. The van der Waals surface area contributed by atoms with E-state index in [4.69, 9.17) is 0 Å². The molecule has 12 saturated heterocycles. The molecular formula is C95H132N12+6. The van der Waals surface area contributed by atoms with Gasteiger partial charge in [-0.05, 0) is 179 Å². The van der Waals surface area contributed by atoms with Crippen molar-refractivity contribution in [2.24, 2.45) is 70.9 Å². The Morgan fingerprint density at radius 2 is 0.822 bits per heavy atom. The minimum atomic E-state index is 0.231. The van der Waals surface area contributed by atoms with Crippen LogP contribution in [0.2, 0.25) is 0 Å². The van der Waals surface area contributed by atoms with Crippen LogP contribution in [0.4, 0.5) is 11.4 Å². The zero-order valence-electron chi connectivity index (χ0n) is 68.8. The van der Waals surface area contributed by atoms with Crippen LogP contribution in [0.3, 0.4) is 0 Å². The largest absolute Gasteiger partial charge is 0.367 e. The fourth-order valence-corrected chi connectivity index (χ4v) is 25.2. The summed E-state index contributed by atoms with van der Waals surface area (Å²) in [5, 5.41) is 0. The van der Waals surface area contributed by atoms with Crippen LogP contribution in [-0.2, 0) is 47.7 Å². The Morgan fingerprint density at radius 1 is 0.364 bits per heavy atom. The van der Waals surface area contributed by atoms with Crippen LogP contribution in [0.1, 0.15) is 209 Å². The third-order valence-corrected chi connectivity index (χ3v) is 31.2. The van der Waals surface area contributed by atoms with Crippen LogP contribution in [0.25, 0.3) is 0 Å². The lowest BCUT2D eigenvalue weighted by atomic mass is 9.62. The van der Waals surface area contributed by atoms with Gasteiger partial charge in [0.05, 0.1) is 35.5 Å². The van der Waals surface area contributed by atoms with Gasteiger partial charge in [-0.2, -0.15) is 0 Å². The van der Waals surface area contributed by atoms with Crippen molar-refractivity contribution in [2.45, 2.75) is 217 Å². The molecule has 0 saturated carbocycles. The van der Waals surface area contributed by atoms with Crippen molar-refractivity contribution >= 4 is 11.4 Å². The van der Waals surface area contributed by atoms with E-state index in [0.717, 1.165) is 42.3 Å². The van der Waals surface area contributed by atoms with Crippen molar-refractivity contribution in [3.05, 3.63) is 240 Å².